The maximum atomic E-state index is 11.3. The van der Waals surface area contributed by atoms with Crippen molar-refractivity contribution in [3.05, 3.63) is 115 Å². The molecule has 0 spiro atoms. The Kier molecular flexibility index (Phi) is 7.20. The second-order valence-corrected chi connectivity index (χ2v) is 7.71. The number of epoxide rings is 1. The summed E-state index contributed by atoms with van der Waals surface area (Å²) in [5, 5.41) is 0. The Morgan fingerprint density at radius 1 is 0.765 bits per heavy atom. The van der Waals surface area contributed by atoms with Crippen molar-refractivity contribution in [2.24, 2.45) is 0 Å². The van der Waals surface area contributed by atoms with Gasteiger partial charge < -0.3 is 19.1 Å². The van der Waals surface area contributed by atoms with Gasteiger partial charge in [0.1, 0.15) is 19.3 Å². The van der Waals surface area contributed by atoms with Crippen LogP contribution in [0.4, 0.5) is 17.1 Å². The highest BCUT2D eigenvalue weighted by atomic mass is 16.6. The van der Waals surface area contributed by atoms with Crippen LogP contribution in [0, 0.1) is 0 Å². The normalized spacial score (nSPS) is 14.1. The molecule has 1 aliphatic rings. The molecular formula is C28H25NO5. The first-order valence-electron chi connectivity index (χ1n) is 10.9. The zero-order valence-electron chi connectivity index (χ0n) is 18.7. The third kappa shape index (κ3) is 5.79. The Morgan fingerprint density at radius 3 is 1.50 bits per heavy atom. The number of nitrogens with zero attached hydrogens (tertiary/aromatic N) is 1. The molecule has 34 heavy (non-hydrogen) atoms. The Labute approximate surface area is 198 Å². The Balaban J connectivity index is 1.59. The minimum absolute atomic E-state index is 0.180. The predicted octanol–water partition coefficient (Wildman–Crippen LogP) is 5.69. The molecule has 0 radical (unpaired) electrons. The van der Waals surface area contributed by atoms with Crippen LogP contribution in [0.3, 0.4) is 0 Å². The first-order valence-corrected chi connectivity index (χ1v) is 10.9. The van der Waals surface area contributed by atoms with Gasteiger partial charge in [-0.15, -0.1) is 0 Å². The fourth-order valence-electron chi connectivity index (χ4n) is 3.44. The molecule has 1 aliphatic heterocycles. The third-order valence-electron chi connectivity index (χ3n) is 5.34. The van der Waals surface area contributed by atoms with Gasteiger partial charge in [0.05, 0.1) is 6.61 Å². The standard InChI is InChI=1S/C28H25NO5/c1-3-27(30)33-17-20-5-11-23(12-6-20)29(25-15-9-22(10-16-25)26-19-32-26)24-13-7-21(8-14-24)18-34-28(31)4-2/h3-16,26H,1-2,17-19H2. The van der Waals surface area contributed by atoms with E-state index in [1.165, 1.54) is 0 Å². The van der Waals surface area contributed by atoms with E-state index in [0.29, 0.717) is 0 Å². The van der Waals surface area contributed by atoms with Gasteiger partial charge in [0, 0.05) is 29.2 Å². The molecule has 0 N–H and O–H groups in total. The monoisotopic (exact) mass is 455 g/mol. The van der Waals surface area contributed by atoms with Crippen molar-refractivity contribution < 1.29 is 23.8 Å². The van der Waals surface area contributed by atoms with E-state index in [0.717, 1.165) is 52.5 Å². The van der Waals surface area contributed by atoms with Crippen LogP contribution < -0.4 is 4.90 Å². The fourth-order valence-corrected chi connectivity index (χ4v) is 3.44. The van der Waals surface area contributed by atoms with Crippen molar-refractivity contribution >= 4 is 29.0 Å². The van der Waals surface area contributed by atoms with Gasteiger partial charge >= 0.3 is 11.9 Å². The molecule has 0 bridgehead atoms. The van der Waals surface area contributed by atoms with E-state index in [2.05, 4.69) is 42.3 Å². The lowest BCUT2D eigenvalue weighted by Gasteiger charge is -2.26. The number of ether oxygens (including phenoxy) is 3. The zero-order chi connectivity index (χ0) is 23.9. The van der Waals surface area contributed by atoms with Crippen molar-refractivity contribution in [1.29, 1.82) is 0 Å². The van der Waals surface area contributed by atoms with Crippen LogP contribution in [-0.4, -0.2) is 18.5 Å². The van der Waals surface area contributed by atoms with Crippen LogP contribution in [0.1, 0.15) is 22.8 Å². The first kappa shape index (κ1) is 23.0. The molecular weight excluding hydrogens is 430 g/mol. The molecule has 172 valence electrons. The van der Waals surface area contributed by atoms with E-state index in [4.69, 9.17) is 14.2 Å². The Hall–Kier alpha value is -4.16. The number of carbonyl (C=O) groups is 2. The minimum atomic E-state index is -0.454. The summed E-state index contributed by atoms with van der Waals surface area (Å²) >= 11 is 0. The fraction of sp³-hybridized carbons (Fsp3) is 0.143. The van der Waals surface area contributed by atoms with Gasteiger partial charge in [-0.2, -0.15) is 0 Å². The van der Waals surface area contributed by atoms with Crippen molar-refractivity contribution in [3.8, 4) is 0 Å². The largest absolute Gasteiger partial charge is 0.458 e. The Bertz CT molecular complexity index is 1100. The first-order chi connectivity index (χ1) is 16.6. The van der Waals surface area contributed by atoms with E-state index in [1.807, 2.05) is 48.5 Å². The highest BCUT2D eigenvalue weighted by molar-refractivity contribution is 5.81. The molecule has 0 saturated carbocycles. The number of carbonyl (C=O) groups excluding carboxylic acids is 2. The van der Waals surface area contributed by atoms with Gasteiger partial charge in [-0.3, -0.25) is 0 Å². The summed E-state index contributed by atoms with van der Waals surface area (Å²) in [7, 11) is 0. The summed E-state index contributed by atoms with van der Waals surface area (Å²) < 4.78 is 15.6. The van der Waals surface area contributed by atoms with Crippen LogP contribution >= 0.6 is 0 Å². The average Bonchev–Trinajstić information content (AvgIpc) is 3.73. The zero-order valence-corrected chi connectivity index (χ0v) is 18.7. The Morgan fingerprint density at radius 2 is 1.15 bits per heavy atom. The molecule has 1 atom stereocenters. The van der Waals surface area contributed by atoms with Crippen LogP contribution in [0.2, 0.25) is 0 Å². The molecule has 6 nitrogen and oxygen atoms in total. The second kappa shape index (κ2) is 10.6. The summed E-state index contributed by atoms with van der Waals surface area (Å²) in [5.74, 6) is -0.909. The number of hydrogen-bond donors (Lipinski definition) is 0. The maximum absolute atomic E-state index is 11.3. The van der Waals surface area contributed by atoms with E-state index in [9.17, 15) is 9.59 Å². The topological polar surface area (TPSA) is 68.4 Å². The van der Waals surface area contributed by atoms with Crippen LogP contribution in [0.25, 0.3) is 0 Å². The lowest BCUT2D eigenvalue weighted by molar-refractivity contribution is -0.139. The molecule has 0 aromatic heterocycles. The van der Waals surface area contributed by atoms with Crippen molar-refractivity contribution in [1.82, 2.24) is 0 Å². The highest BCUT2D eigenvalue weighted by Gasteiger charge is 2.24. The third-order valence-corrected chi connectivity index (χ3v) is 5.34. The van der Waals surface area contributed by atoms with E-state index in [1.54, 1.807) is 0 Å². The second-order valence-electron chi connectivity index (χ2n) is 7.71. The van der Waals surface area contributed by atoms with E-state index < -0.39 is 11.9 Å². The molecule has 3 aromatic carbocycles. The van der Waals surface area contributed by atoms with Gasteiger partial charge in [0.2, 0.25) is 0 Å². The van der Waals surface area contributed by atoms with Crippen molar-refractivity contribution in [2.45, 2.75) is 19.3 Å². The summed E-state index contributed by atoms with van der Waals surface area (Å²) in [6.45, 7) is 7.94. The van der Waals surface area contributed by atoms with Gasteiger partial charge in [0.15, 0.2) is 0 Å². The summed E-state index contributed by atoms with van der Waals surface area (Å²) in [4.78, 5) is 24.8. The van der Waals surface area contributed by atoms with Gasteiger partial charge in [-0.1, -0.05) is 49.6 Å². The highest BCUT2D eigenvalue weighted by Crippen LogP contribution is 2.37. The smallest absolute Gasteiger partial charge is 0.330 e. The van der Waals surface area contributed by atoms with Crippen LogP contribution in [0.5, 0.6) is 0 Å². The molecule has 0 aliphatic carbocycles. The SMILES string of the molecule is C=CC(=O)OCc1ccc(N(c2ccc(COC(=O)C=C)cc2)c2ccc(C3CO3)cc2)cc1. The van der Waals surface area contributed by atoms with Crippen molar-refractivity contribution in [3.63, 3.8) is 0 Å². The number of hydrogen-bond acceptors (Lipinski definition) is 6. The molecule has 1 unspecified atom stereocenters. The summed E-state index contributed by atoms with van der Waals surface area (Å²) in [6.07, 6.45) is 2.49. The summed E-state index contributed by atoms with van der Waals surface area (Å²) in [5.41, 5.74) is 5.78. The lowest BCUT2D eigenvalue weighted by Crippen LogP contribution is -2.10. The number of benzene rings is 3. The molecule has 4 rings (SSSR count). The van der Waals surface area contributed by atoms with Gasteiger partial charge in [-0.05, 0) is 53.1 Å². The maximum Gasteiger partial charge on any atom is 0.330 e. The van der Waals surface area contributed by atoms with Crippen LogP contribution in [-0.2, 0) is 37.0 Å². The number of rotatable bonds is 10. The molecule has 0 amide bonds. The van der Waals surface area contributed by atoms with Gasteiger partial charge in [0.25, 0.3) is 0 Å². The number of anilines is 3. The lowest BCUT2D eigenvalue weighted by atomic mass is 10.1. The minimum Gasteiger partial charge on any atom is -0.458 e. The quantitative estimate of drug-likeness (QED) is 0.222. The molecule has 3 aromatic rings. The predicted molar refractivity (Wildman–Crippen MR) is 130 cm³/mol. The average molecular weight is 456 g/mol. The molecule has 1 fully saturated rings. The van der Waals surface area contributed by atoms with E-state index in [-0.39, 0.29) is 19.3 Å². The molecule has 1 heterocycles. The molecule has 1 saturated heterocycles. The van der Waals surface area contributed by atoms with Gasteiger partial charge in [-0.25, -0.2) is 9.59 Å². The van der Waals surface area contributed by atoms with Crippen LogP contribution in [0.15, 0.2) is 98.1 Å². The van der Waals surface area contributed by atoms with Crippen molar-refractivity contribution in [2.75, 3.05) is 11.5 Å². The van der Waals surface area contributed by atoms with E-state index >= 15 is 0 Å². The molecule has 6 heteroatoms. The number of esters is 2. The summed E-state index contributed by atoms with van der Waals surface area (Å²) in [6, 6.07) is 23.9.